The van der Waals surface area contributed by atoms with Gasteiger partial charge in [-0.05, 0) is 69.1 Å². The molecule has 0 radical (unpaired) electrons. The Morgan fingerprint density at radius 2 is 1.65 bits per heavy atom. The van der Waals surface area contributed by atoms with Crippen molar-refractivity contribution < 1.29 is 28.7 Å². The molecule has 7 amide bonds. The number of carbonyl (C=O) groups is 5. The smallest absolute Gasteiger partial charge is 0.334 e. The molecule has 2 saturated carbocycles. The highest BCUT2D eigenvalue weighted by Gasteiger charge is 2.68. The summed E-state index contributed by atoms with van der Waals surface area (Å²) in [6.45, 7) is 4.13. The van der Waals surface area contributed by atoms with Gasteiger partial charge in [-0.1, -0.05) is 13.3 Å². The van der Waals surface area contributed by atoms with Crippen molar-refractivity contribution >= 4 is 29.8 Å². The Balaban J connectivity index is 1.30. The second-order valence-electron chi connectivity index (χ2n) is 12.2. The first-order chi connectivity index (χ1) is 19.1. The molecule has 5 aliphatic rings. The average molecular weight is 559 g/mol. The standard InChI is InChI=1S/C28H42N6O6/c1-4-5-12-32-22(35)20(21(29)30-2)23(36)34(26(32)39)19-6-10-27(11-7-19)16-28(17-27)24(37)31(3)25(38)33(28)15-18-8-13-40-14-9-18/h18-19,30H,4-17,29H2,1-3H3/b21-20+. The van der Waals surface area contributed by atoms with Crippen molar-refractivity contribution in [1.82, 2.24) is 24.9 Å². The Morgan fingerprint density at radius 1 is 1.00 bits per heavy atom. The number of hydrogen-bond donors (Lipinski definition) is 2. The van der Waals surface area contributed by atoms with E-state index in [4.69, 9.17) is 10.5 Å². The maximum Gasteiger partial charge on any atom is 0.334 e. The number of amides is 7. The molecule has 2 aliphatic carbocycles. The zero-order valence-electron chi connectivity index (χ0n) is 23.9. The van der Waals surface area contributed by atoms with Crippen LogP contribution in [0, 0.1) is 11.3 Å². The topological polar surface area (TPSA) is 146 Å². The number of nitrogens with two attached hydrogens (primary N) is 1. The molecule has 40 heavy (non-hydrogen) atoms. The number of unbranched alkanes of at least 4 members (excludes halogenated alkanes) is 1. The van der Waals surface area contributed by atoms with Crippen LogP contribution in [0.25, 0.3) is 0 Å². The third kappa shape index (κ3) is 4.44. The van der Waals surface area contributed by atoms with Crippen LogP contribution in [0.4, 0.5) is 9.59 Å². The van der Waals surface area contributed by atoms with Gasteiger partial charge in [0.25, 0.3) is 17.7 Å². The fraction of sp³-hybridized carbons (Fsp3) is 0.750. The fourth-order valence-electron chi connectivity index (χ4n) is 7.52. The van der Waals surface area contributed by atoms with Crippen LogP contribution in [0.3, 0.4) is 0 Å². The number of urea groups is 2. The van der Waals surface area contributed by atoms with E-state index >= 15 is 0 Å². The molecule has 2 spiro atoms. The summed E-state index contributed by atoms with van der Waals surface area (Å²) in [5.74, 6) is -1.15. The van der Waals surface area contributed by atoms with Crippen molar-refractivity contribution in [3.8, 4) is 0 Å². The van der Waals surface area contributed by atoms with E-state index < -0.39 is 23.4 Å². The Hall–Kier alpha value is -3.15. The summed E-state index contributed by atoms with van der Waals surface area (Å²) >= 11 is 0. The Bertz CT molecular complexity index is 1110. The van der Waals surface area contributed by atoms with Crippen LogP contribution >= 0.6 is 0 Å². The summed E-state index contributed by atoms with van der Waals surface area (Å²) in [5, 5.41) is 2.69. The highest BCUT2D eigenvalue weighted by Crippen LogP contribution is 2.61. The number of rotatable bonds is 7. The van der Waals surface area contributed by atoms with Gasteiger partial charge in [-0.15, -0.1) is 0 Å². The van der Waals surface area contributed by atoms with Crippen molar-refractivity contribution in [1.29, 1.82) is 0 Å². The maximum atomic E-state index is 13.4. The van der Waals surface area contributed by atoms with Crippen LogP contribution in [0.15, 0.2) is 11.4 Å². The number of imide groups is 3. The summed E-state index contributed by atoms with van der Waals surface area (Å²) in [5.41, 5.74) is 4.89. The molecule has 0 unspecified atom stereocenters. The quantitative estimate of drug-likeness (QED) is 0.273. The number of ether oxygens (including phenoxy) is 1. The van der Waals surface area contributed by atoms with Gasteiger partial charge in [0.05, 0.1) is 0 Å². The molecule has 3 saturated heterocycles. The first kappa shape index (κ1) is 28.4. The molecule has 3 N–H and O–H groups in total. The van der Waals surface area contributed by atoms with Crippen LogP contribution < -0.4 is 11.1 Å². The lowest BCUT2D eigenvalue weighted by Crippen LogP contribution is -2.66. The Labute approximate surface area is 235 Å². The van der Waals surface area contributed by atoms with Gasteiger partial charge in [-0.25, -0.2) is 9.59 Å². The molecule has 0 aromatic rings. The van der Waals surface area contributed by atoms with Gasteiger partial charge in [-0.2, -0.15) is 0 Å². The molecule has 12 heteroatoms. The van der Waals surface area contributed by atoms with Gasteiger partial charge in [0.2, 0.25) is 0 Å². The van der Waals surface area contributed by atoms with E-state index in [1.54, 1.807) is 7.05 Å². The van der Waals surface area contributed by atoms with Crippen molar-refractivity contribution in [2.45, 2.75) is 82.7 Å². The largest absolute Gasteiger partial charge is 0.385 e. The van der Waals surface area contributed by atoms with Crippen molar-refractivity contribution in [2.24, 2.45) is 17.1 Å². The van der Waals surface area contributed by atoms with Crippen LogP contribution in [0.2, 0.25) is 0 Å². The minimum Gasteiger partial charge on any atom is -0.385 e. The predicted molar refractivity (Wildman–Crippen MR) is 144 cm³/mol. The second-order valence-corrected chi connectivity index (χ2v) is 12.2. The number of hydrogen-bond acceptors (Lipinski definition) is 8. The molecule has 3 heterocycles. The van der Waals surface area contributed by atoms with E-state index in [0.717, 1.165) is 37.0 Å². The van der Waals surface area contributed by atoms with E-state index in [0.29, 0.717) is 57.8 Å². The normalized spacial score (nSPS) is 33.0. The monoisotopic (exact) mass is 558 g/mol. The van der Waals surface area contributed by atoms with Gasteiger partial charge in [-0.3, -0.25) is 29.1 Å². The van der Waals surface area contributed by atoms with Crippen LogP contribution in [0.1, 0.15) is 71.1 Å². The molecule has 3 aliphatic heterocycles. The molecule has 5 rings (SSSR count). The van der Waals surface area contributed by atoms with Crippen molar-refractivity contribution in [2.75, 3.05) is 40.4 Å². The predicted octanol–water partition coefficient (Wildman–Crippen LogP) is 1.75. The van der Waals surface area contributed by atoms with Crippen molar-refractivity contribution in [3.05, 3.63) is 11.4 Å². The number of likely N-dealkylation sites (N-methyl/N-ethyl adjacent to an activating group) is 1. The fourth-order valence-corrected chi connectivity index (χ4v) is 7.52. The summed E-state index contributed by atoms with van der Waals surface area (Å²) in [6.07, 6.45) is 7.02. The van der Waals surface area contributed by atoms with Gasteiger partial charge < -0.3 is 20.7 Å². The summed E-state index contributed by atoms with van der Waals surface area (Å²) in [7, 11) is 3.11. The molecule has 0 bridgehead atoms. The molecule has 0 aromatic carbocycles. The van der Waals surface area contributed by atoms with Gasteiger partial charge in [0, 0.05) is 46.4 Å². The number of nitrogens with zero attached hydrogens (tertiary/aromatic N) is 4. The zero-order chi connectivity index (χ0) is 28.8. The van der Waals surface area contributed by atoms with Gasteiger partial charge >= 0.3 is 12.1 Å². The summed E-state index contributed by atoms with van der Waals surface area (Å²) in [6, 6.07) is -1.16. The first-order valence-corrected chi connectivity index (χ1v) is 14.6. The van der Waals surface area contributed by atoms with Crippen LogP contribution in [0.5, 0.6) is 0 Å². The van der Waals surface area contributed by atoms with E-state index in [2.05, 4.69) is 5.32 Å². The van der Waals surface area contributed by atoms with E-state index in [1.165, 1.54) is 16.8 Å². The van der Waals surface area contributed by atoms with Crippen molar-refractivity contribution in [3.63, 3.8) is 0 Å². The molecule has 0 aromatic heterocycles. The van der Waals surface area contributed by atoms with Crippen LogP contribution in [-0.2, 0) is 19.1 Å². The molecular weight excluding hydrogens is 516 g/mol. The Kier molecular flexibility index (Phi) is 7.58. The van der Waals surface area contributed by atoms with Gasteiger partial charge in [0.15, 0.2) is 0 Å². The minimum atomic E-state index is -0.797. The average Bonchev–Trinajstić information content (AvgIpc) is 3.10. The molecule has 5 fully saturated rings. The molecule has 220 valence electrons. The highest BCUT2D eigenvalue weighted by atomic mass is 16.5. The van der Waals surface area contributed by atoms with E-state index in [9.17, 15) is 24.0 Å². The lowest BCUT2D eigenvalue weighted by atomic mass is 9.51. The summed E-state index contributed by atoms with van der Waals surface area (Å²) < 4.78 is 5.48. The highest BCUT2D eigenvalue weighted by molar-refractivity contribution is 6.29. The first-order valence-electron chi connectivity index (χ1n) is 14.6. The Morgan fingerprint density at radius 3 is 2.25 bits per heavy atom. The summed E-state index contributed by atoms with van der Waals surface area (Å²) in [4.78, 5) is 71.8. The number of nitrogens with one attached hydrogen (secondary N) is 1. The maximum absolute atomic E-state index is 13.4. The minimum absolute atomic E-state index is 0.0413. The number of carbonyl (C=O) groups excluding carboxylic acids is 5. The second kappa shape index (κ2) is 10.7. The molecule has 0 atom stereocenters. The van der Waals surface area contributed by atoms with Gasteiger partial charge in [0.1, 0.15) is 16.9 Å². The SMILES string of the molecule is CCCCN1C(=O)/C(=C(/N)NC)C(=O)N(C2CCC3(CC2)CC2(C3)C(=O)N(C)C(=O)N2CC2CCOCC2)C1=O. The number of barbiturate groups is 1. The third-order valence-electron chi connectivity index (χ3n) is 9.84. The van der Waals surface area contributed by atoms with Crippen LogP contribution in [-0.4, -0.2) is 101 Å². The lowest BCUT2D eigenvalue weighted by molar-refractivity contribution is -0.151. The lowest BCUT2D eigenvalue weighted by Gasteiger charge is -2.59. The molecular formula is C28H42N6O6. The zero-order valence-corrected chi connectivity index (χ0v) is 23.9. The van der Waals surface area contributed by atoms with E-state index in [-0.39, 0.29) is 41.3 Å². The third-order valence-corrected chi connectivity index (χ3v) is 9.84. The molecule has 12 nitrogen and oxygen atoms in total. The van der Waals surface area contributed by atoms with E-state index in [1.807, 2.05) is 11.8 Å².